The molecular formula is C30H39N3O4. The predicted molar refractivity (Wildman–Crippen MR) is 142 cm³/mol. The van der Waals surface area contributed by atoms with Crippen LogP contribution < -0.4 is 5.32 Å². The van der Waals surface area contributed by atoms with Crippen molar-refractivity contribution < 1.29 is 19.1 Å². The van der Waals surface area contributed by atoms with Crippen molar-refractivity contribution in [2.75, 3.05) is 13.1 Å². The van der Waals surface area contributed by atoms with E-state index in [1.54, 1.807) is 6.20 Å². The fraction of sp³-hybridized carbons (Fsp3) is 0.600. The van der Waals surface area contributed by atoms with Crippen LogP contribution in [-0.4, -0.2) is 52.9 Å². The molecule has 2 heterocycles. The number of ketones is 1. The average molecular weight is 506 g/mol. The van der Waals surface area contributed by atoms with Crippen LogP contribution in [0.1, 0.15) is 81.5 Å². The van der Waals surface area contributed by atoms with Crippen molar-refractivity contribution in [2.45, 2.75) is 83.3 Å². The third-order valence-corrected chi connectivity index (χ3v) is 8.76. The van der Waals surface area contributed by atoms with Crippen LogP contribution in [0.25, 0.3) is 10.9 Å². The highest BCUT2D eigenvalue weighted by molar-refractivity contribution is 6.04. The fourth-order valence-electron chi connectivity index (χ4n) is 6.85. The lowest BCUT2D eigenvalue weighted by molar-refractivity contribution is -0.137. The zero-order chi connectivity index (χ0) is 25.8. The SMILES string of the molecule is CCNC(=O)OC1CCC(C(=O)N2CC[C@@H](C3CCCCC3)[C@H]2C(=O)c2ccc3ncccc3c2)CC1. The summed E-state index contributed by atoms with van der Waals surface area (Å²) in [5, 5.41) is 3.62. The summed E-state index contributed by atoms with van der Waals surface area (Å²) in [6, 6.07) is 9.20. The second-order valence-corrected chi connectivity index (χ2v) is 11.0. The third kappa shape index (κ3) is 5.65. The van der Waals surface area contributed by atoms with E-state index in [1.165, 1.54) is 19.3 Å². The molecule has 2 saturated carbocycles. The molecule has 0 unspecified atom stereocenters. The first-order chi connectivity index (χ1) is 18.0. The van der Waals surface area contributed by atoms with E-state index in [4.69, 9.17) is 4.74 Å². The number of hydrogen-bond acceptors (Lipinski definition) is 5. The molecule has 7 nitrogen and oxygen atoms in total. The van der Waals surface area contributed by atoms with Gasteiger partial charge in [-0.05, 0) is 75.1 Å². The van der Waals surface area contributed by atoms with E-state index < -0.39 is 6.04 Å². The van der Waals surface area contributed by atoms with Gasteiger partial charge >= 0.3 is 6.09 Å². The van der Waals surface area contributed by atoms with E-state index in [1.807, 2.05) is 42.2 Å². The van der Waals surface area contributed by atoms with E-state index in [-0.39, 0.29) is 35.7 Å². The summed E-state index contributed by atoms with van der Waals surface area (Å²) in [7, 11) is 0. The van der Waals surface area contributed by atoms with Crippen molar-refractivity contribution >= 4 is 28.7 Å². The summed E-state index contributed by atoms with van der Waals surface area (Å²) in [6.07, 6.45) is 10.9. The number of carbonyl (C=O) groups is 3. The Labute approximate surface area is 219 Å². The van der Waals surface area contributed by atoms with E-state index in [9.17, 15) is 14.4 Å². The minimum atomic E-state index is -0.394. The van der Waals surface area contributed by atoms with Crippen molar-refractivity contribution in [1.82, 2.24) is 15.2 Å². The third-order valence-electron chi connectivity index (χ3n) is 8.76. The van der Waals surface area contributed by atoms with Crippen molar-refractivity contribution in [3.8, 4) is 0 Å². The minimum Gasteiger partial charge on any atom is -0.446 e. The van der Waals surface area contributed by atoms with Gasteiger partial charge in [0.1, 0.15) is 6.10 Å². The first kappa shape index (κ1) is 25.7. The molecule has 2 amide bonds. The van der Waals surface area contributed by atoms with Gasteiger partial charge in [-0.2, -0.15) is 0 Å². The van der Waals surface area contributed by atoms with E-state index in [0.29, 0.717) is 50.3 Å². The molecule has 1 N–H and O–H groups in total. The van der Waals surface area contributed by atoms with Gasteiger partial charge in [-0.15, -0.1) is 0 Å². The Hall–Kier alpha value is -2.96. The molecule has 37 heavy (non-hydrogen) atoms. The molecule has 2 aliphatic carbocycles. The van der Waals surface area contributed by atoms with E-state index in [2.05, 4.69) is 10.3 Å². The molecule has 3 fully saturated rings. The van der Waals surface area contributed by atoms with Gasteiger partial charge in [0.2, 0.25) is 5.91 Å². The maximum absolute atomic E-state index is 14.1. The van der Waals surface area contributed by atoms with Gasteiger partial charge in [-0.25, -0.2) is 4.79 Å². The molecule has 198 valence electrons. The lowest BCUT2D eigenvalue weighted by Crippen LogP contribution is -2.48. The highest BCUT2D eigenvalue weighted by Gasteiger charge is 2.47. The Morgan fingerprint density at radius 2 is 1.78 bits per heavy atom. The van der Waals surface area contributed by atoms with Gasteiger partial charge in [0.15, 0.2) is 5.78 Å². The van der Waals surface area contributed by atoms with Crippen molar-refractivity contribution in [1.29, 1.82) is 0 Å². The Kier molecular flexibility index (Phi) is 8.06. The molecule has 7 heteroatoms. The van der Waals surface area contributed by atoms with Gasteiger partial charge in [0, 0.05) is 36.2 Å². The van der Waals surface area contributed by atoms with Gasteiger partial charge in [0.25, 0.3) is 0 Å². The number of likely N-dealkylation sites (tertiary alicyclic amines) is 1. The number of alkyl carbamates (subject to hydrolysis) is 1. The molecule has 3 aliphatic rings. The zero-order valence-corrected chi connectivity index (χ0v) is 21.9. The second-order valence-electron chi connectivity index (χ2n) is 11.0. The molecule has 0 radical (unpaired) electrons. The molecule has 2 aromatic rings. The van der Waals surface area contributed by atoms with Crippen LogP contribution in [0.15, 0.2) is 36.5 Å². The number of rotatable bonds is 6. The number of amides is 2. The molecule has 2 atom stereocenters. The number of ether oxygens (including phenoxy) is 1. The number of carbonyl (C=O) groups excluding carboxylic acids is 3. The number of nitrogens with one attached hydrogen (secondary N) is 1. The Morgan fingerprint density at radius 3 is 2.54 bits per heavy atom. The lowest BCUT2D eigenvalue weighted by Gasteiger charge is -2.36. The number of benzene rings is 1. The predicted octanol–water partition coefficient (Wildman–Crippen LogP) is 5.52. The maximum atomic E-state index is 14.1. The number of Topliss-reactive ketones (excluding diaryl/α,β-unsaturated/α-hetero) is 1. The first-order valence-electron chi connectivity index (χ1n) is 14.2. The van der Waals surface area contributed by atoms with Crippen LogP contribution in [0, 0.1) is 17.8 Å². The summed E-state index contributed by atoms with van der Waals surface area (Å²) in [5.74, 6) is 0.786. The molecule has 1 aliphatic heterocycles. The number of hydrogen-bond donors (Lipinski definition) is 1. The molecule has 1 aromatic heterocycles. The standard InChI is InChI=1S/C30H39N3O4/c1-2-31-30(36)37-24-13-10-21(11-14-24)29(35)33-18-16-25(20-7-4-3-5-8-20)27(33)28(34)23-12-15-26-22(19-23)9-6-17-32-26/h6,9,12,15,17,19-21,24-25,27H,2-5,7-8,10-11,13-14,16,18H2,1H3,(H,31,36)/t21?,24?,25-,27-/m0/s1. The number of aromatic nitrogens is 1. The molecular weight excluding hydrogens is 466 g/mol. The van der Waals surface area contributed by atoms with Crippen LogP contribution in [0.3, 0.4) is 0 Å². The fourth-order valence-corrected chi connectivity index (χ4v) is 6.85. The van der Waals surface area contributed by atoms with Crippen LogP contribution >= 0.6 is 0 Å². The zero-order valence-electron chi connectivity index (χ0n) is 21.9. The Morgan fingerprint density at radius 1 is 1.00 bits per heavy atom. The lowest BCUT2D eigenvalue weighted by atomic mass is 9.75. The molecule has 1 aromatic carbocycles. The quantitative estimate of drug-likeness (QED) is 0.522. The molecule has 5 rings (SSSR count). The van der Waals surface area contributed by atoms with Crippen LogP contribution in [-0.2, 0) is 9.53 Å². The smallest absolute Gasteiger partial charge is 0.407 e. The summed E-state index contributed by atoms with van der Waals surface area (Å²) < 4.78 is 5.50. The number of pyridine rings is 1. The monoisotopic (exact) mass is 505 g/mol. The molecule has 0 spiro atoms. The van der Waals surface area contributed by atoms with Crippen LogP contribution in [0.5, 0.6) is 0 Å². The van der Waals surface area contributed by atoms with Gasteiger partial charge in [-0.3, -0.25) is 14.6 Å². The van der Waals surface area contributed by atoms with Crippen LogP contribution in [0.2, 0.25) is 0 Å². The van der Waals surface area contributed by atoms with Crippen molar-refractivity contribution in [2.24, 2.45) is 17.8 Å². The highest BCUT2D eigenvalue weighted by atomic mass is 16.6. The van der Waals surface area contributed by atoms with Gasteiger partial charge in [0.05, 0.1) is 11.6 Å². The first-order valence-corrected chi connectivity index (χ1v) is 14.2. The van der Waals surface area contributed by atoms with E-state index >= 15 is 0 Å². The molecule has 1 saturated heterocycles. The number of fused-ring (bicyclic) bond motifs is 1. The normalized spacial score (nSPS) is 26.7. The van der Waals surface area contributed by atoms with Gasteiger partial charge in [-0.1, -0.05) is 38.2 Å². The highest BCUT2D eigenvalue weighted by Crippen LogP contribution is 2.41. The van der Waals surface area contributed by atoms with Crippen molar-refractivity contribution in [3.05, 3.63) is 42.1 Å². The topological polar surface area (TPSA) is 88.6 Å². The Bertz CT molecular complexity index is 1120. The minimum absolute atomic E-state index is 0.0698. The van der Waals surface area contributed by atoms with Crippen molar-refractivity contribution in [3.63, 3.8) is 0 Å². The largest absolute Gasteiger partial charge is 0.446 e. The second kappa shape index (κ2) is 11.6. The summed E-state index contributed by atoms with van der Waals surface area (Å²) in [4.78, 5) is 46.1. The maximum Gasteiger partial charge on any atom is 0.407 e. The summed E-state index contributed by atoms with van der Waals surface area (Å²) in [6.45, 7) is 3.05. The molecule has 0 bridgehead atoms. The number of nitrogens with zero attached hydrogens (tertiary/aromatic N) is 2. The average Bonchev–Trinajstić information content (AvgIpc) is 3.38. The Balaban J connectivity index is 1.33. The van der Waals surface area contributed by atoms with Gasteiger partial charge < -0.3 is 15.0 Å². The summed E-state index contributed by atoms with van der Waals surface area (Å²) in [5.41, 5.74) is 1.54. The van der Waals surface area contributed by atoms with Crippen LogP contribution in [0.4, 0.5) is 4.79 Å². The van der Waals surface area contributed by atoms with E-state index in [0.717, 1.165) is 30.2 Å². The summed E-state index contributed by atoms with van der Waals surface area (Å²) >= 11 is 0.